The molecule has 3 fully saturated rings. The lowest BCUT2D eigenvalue weighted by Gasteiger charge is -2.54. The largest absolute Gasteiger partial charge is 0.294 e. The van der Waals surface area contributed by atoms with Crippen LogP contribution in [0.3, 0.4) is 0 Å². The minimum Gasteiger partial charge on any atom is -0.294 e. The fraction of sp³-hybridized carbons (Fsp3) is 0.750. The zero-order valence-corrected chi connectivity index (χ0v) is 13.5. The quantitative estimate of drug-likeness (QED) is 0.455. The lowest BCUT2D eigenvalue weighted by Crippen LogP contribution is -2.49. The van der Waals surface area contributed by atoms with E-state index in [1.54, 1.807) is 5.57 Å². The molecule has 0 spiro atoms. The molecule has 1 unspecified atom stereocenters. The van der Waals surface area contributed by atoms with Crippen LogP contribution in [0.2, 0.25) is 0 Å². The van der Waals surface area contributed by atoms with Gasteiger partial charge in [0.2, 0.25) is 0 Å². The Morgan fingerprint density at radius 2 is 2.10 bits per heavy atom. The molecule has 3 saturated carbocycles. The fourth-order valence-corrected chi connectivity index (χ4v) is 6.45. The summed E-state index contributed by atoms with van der Waals surface area (Å²) in [6.45, 7) is 8.78. The fourth-order valence-electron chi connectivity index (χ4n) is 6.45. The highest BCUT2D eigenvalue weighted by atomic mass is 16.1. The van der Waals surface area contributed by atoms with Crippen LogP contribution in [0.25, 0.3) is 0 Å². The van der Waals surface area contributed by atoms with Crippen LogP contribution in [0.5, 0.6) is 0 Å². The molecule has 0 aromatic rings. The summed E-state index contributed by atoms with van der Waals surface area (Å²) in [4.78, 5) is 12.6. The second-order valence-corrected chi connectivity index (χ2v) is 8.44. The van der Waals surface area contributed by atoms with E-state index in [2.05, 4.69) is 26.5 Å². The van der Waals surface area contributed by atoms with Gasteiger partial charge >= 0.3 is 0 Å². The summed E-state index contributed by atoms with van der Waals surface area (Å²) in [5, 5.41) is 0. The maximum absolute atomic E-state index is 12.6. The van der Waals surface area contributed by atoms with E-state index in [0.29, 0.717) is 11.7 Å². The normalized spacial score (nSPS) is 49.2. The van der Waals surface area contributed by atoms with Gasteiger partial charge in [-0.25, -0.2) is 0 Å². The molecule has 6 atom stereocenters. The van der Waals surface area contributed by atoms with Crippen LogP contribution in [0.4, 0.5) is 0 Å². The lowest BCUT2D eigenvalue weighted by molar-refractivity contribution is -0.130. The molecule has 1 nitrogen and oxygen atoms in total. The van der Waals surface area contributed by atoms with Crippen molar-refractivity contribution in [3.8, 4) is 0 Å². The molecule has 4 rings (SSSR count). The molecular formula is C20H28O. The summed E-state index contributed by atoms with van der Waals surface area (Å²) < 4.78 is 0. The van der Waals surface area contributed by atoms with Crippen molar-refractivity contribution < 1.29 is 4.79 Å². The summed E-state index contributed by atoms with van der Waals surface area (Å²) in [7, 11) is 0. The van der Waals surface area contributed by atoms with Gasteiger partial charge in [-0.2, -0.15) is 0 Å². The van der Waals surface area contributed by atoms with Crippen molar-refractivity contribution in [1.29, 1.82) is 0 Å². The molecule has 0 N–H and O–H groups in total. The predicted molar refractivity (Wildman–Crippen MR) is 85.8 cm³/mol. The average Bonchev–Trinajstić information content (AvgIpc) is 2.70. The molecule has 0 radical (unpaired) electrons. The molecule has 0 bridgehead atoms. The van der Waals surface area contributed by atoms with E-state index in [0.717, 1.165) is 42.1 Å². The smallest absolute Gasteiger partial charge is 0.164 e. The number of Topliss-reactive ketones (excluding diaryl/α,β-unsaturated/α-hetero) is 1. The Balaban J connectivity index is 1.72. The van der Waals surface area contributed by atoms with E-state index in [9.17, 15) is 4.79 Å². The van der Waals surface area contributed by atoms with Gasteiger partial charge in [-0.1, -0.05) is 32.1 Å². The molecule has 4 aliphatic rings. The average molecular weight is 284 g/mol. The van der Waals surface area contributed by atoms with Gasteiger partial charge < -0.3 is 0 Å². The molecular weight excluding hydrogens is 256 g/mol. The predicted octanol–water partition coefficient (Wildman–Crippen LogP) is 4.93. The Morgan fingerprint density at radius 3 is 2.90 bits per heavy atom. The molecule has 0 saturated heterocycles. The lowest BCUT2D eigenvalue weighted by atomic mass is 9.50. The Bertz CT molecular complexity index is 528. The first-order valence-corrected chi connectivity index (χ1v) is 8.94. The first-order valence-electron chi connectivity index (χ1n) is 8.94. The van der Waals surface area contributed by atoms with Gasteiger partial charge in [-0.3, -0.25) is 4.79 Å². The zero-order valence-electron chi connectivity index (χ0n) is 13.5. The van der Waals surface area contributed by atoms with Crippen molar-refractivity contribution in [2.24, 2.45) is 35.0 Å². The SMILES string of the molecule is C=C1C[C@H]2[C@@H]3C(C)CC4=CCCC[C@@H]4[C@H]3CC[C@]2(C)C1=O. The number of fused-ring (bicyclic) bond motifs is 5. The van der Waals surface area contributed by atoms with E-state index >= 15 is 0 Å². The first-order chi connectivity index (χ1) is 10.0. The van der Waals surface area contributed by atoms with Crippen LogP contribution in [-0.4, -0.2) is 5.78 Å². The van der Waals surface area contributed by atoms with Gasteiger partial charge in [0, 0.05) is 5.41 Å². The maximum atomic E-state index is 12.6. The Morgan fingerprint density at radius 1 is 1.29 bits per heavy atom. The molecule has 0 heterocycles. The summed E-state index contributed by atoms with van der Waals surface area (Å²) in [6.07, 6.45) is 11.3. The second-order valence-electron chi connectivity index (χ2n) is 8.44. The van der Waals surface area contributed by atoms with Gasteiger partial charge in [0.25, 0.3) is 0 Å². The van der Waals surface area contributed by atoms with Crippen molar-refractivity contribution in [2.75, 3.05) is 0 Å². The van der Waals surface area contributed by atoms with Crippen LogP contribution >= 0.6 is 0 Å². The number of hydrogen-bond donors (Lipinski definition) is 0. The Hall–Kier alpha value is -0.850. The first kappa shape index (κ1) is 13.8. The van der Waals surface area contributed by atoms with Crippen LogP contribution in [0, 0.1) is 35.0 Å². The maximum Gasteiger partial charge on any atom is 0.164 e. The number of rotatable bonds is 0. The number of allylic oxidation sites excluding steroid dienone is 3. The summed E-state index contributed by atoms with van der Waals surface area (Å²) in [6, 6.07) is 0. The molecule has 0 aromatic carbocycles. The number of carbonyl (C=O) groups is 1. The van der Waals surface area contributed by atoms with Crippen LogP contribution < -0.4 is 0 Å². The topological polar surface area (TPSA) is 17.1 Å². The van der Waals surface area contributed by atoms with Crippen LogP contribution in [0.1, 0.15) is 58.8 Å². The molecule has 114 valence electrons. The minimum atomic E-state index is -0.0810. The molecule has 1 heteroatoms. The monoisotopic (exact) mass is 284 g/mol. The number of carbonyl (C=O) groups excluding carboxylic acids is 1. The Labute approximate surface area is 128 Å². The van der Waals surface area contributed by atoms with E-state index in [1.807, 2.05) is 0 Å². The minimum absolute atomic E-state index is 0.0810. The van der Waals surface area contributed by atoms with Crippen molar-refractivity contribution in [3.05, 3.63) is 23.8 Å². The van der Waals surface area contributed by atoms with Crippen molar-refractivity contribution in [3.63, 3.8) is 0 Å². The third-order valence-corrected chi connectivity index (χ3v) is 7.41. The number of hydrogen-bond acceptors (Lipinski definition) is 1. The van der Waals surface area contributed by atoms with Crippen molar-refractivity contribution in [1.82, 2.24) is 0 Å². The van der Waals surface area contributed by atoms with Crippen LogP contribution in [0.15, 0.2) is 23.8 Å². The standard InChI is InChI=1S/C20H28O/c1-12-10-14-6-4-5-7-15(14)16-8-9-20(3)17(18(12)16)11-13(2)19(20)21/h6,12,15-18H,2,4-5,7-11H2,1,3H3/t12?,15-,16+,17-,18+,20-/m0/s1. The highest BCUT2D eigenvalue weighted by Gasteiger charge is 2.58. The highest BCUT2D eigenvalue weighted by Crippen LogP contribution is 2.62. The van der Waals surface area contributed by atoms with Gasteiger partial charge in [0.15, 0.2) is 5.78 Å². The highest BCUT2D eigenvalue weighted by molar-refractivity contribution is 6.02. The van der Waals surface area contributed by atoms with Gasteiger partial charge in [0.05, 0.1) is 0 Å². The molecule has 0 aromatic heterocycles. The van der Waals surface area contributed by atoms with E-state index in [1.165, 1.54) is 32.1 Å². The van der Waals surface area contributed by atoms with Gasteiger partial charge in [-0.15, -0.1) is 0 Å². The molecule has 4 aliphatic carbocycles. The third kappa shape index (κ3) is 1.79. The van der Waals surface area contributed by atoms with Crippen LogP contribution in [-0.2, 0) is 4.79 Å². The van der Waals surface area contributed by atoms with E-state index in [-0.39, 0.29) is 5.41 Å². The third-order valence-electron chi connectivity index (χ3n) is 7.41. The molecule has 0 aliphatic heterocycles. The van der Waals surface area contributed by atoms with Gasteiger partial charge in [0.1, 0.15) is 0 Å². The summed E-state index contributed by atoms with van der Waals surface area (Å²) in [5.74, 6) is 4.16. The summed E-state index contributed by atoms with van der Waals surface area (Å²) >= 11 is 0. The number of ketones is 1. The Kier molecular flexibility index (Phi) is 3.00. The van der Waals surface area contributed by atoms with E-state index in [4.69, 9.17) is 0 Å². The van der Waals surface area contributed by atoms with Crippen molar-refractivity contribution >= 4 is 5.78 Å². The van der Waals surface area contributed by atoms with E-state index < -0.39 is 0 Å². The molecule has 0 amide bonds. The second kappa shape index (κ2) is 4.57. The summed E-state index contributed by atoms with van der Waals surface area (Å²) in [5.41, 5.74) is 2.60. The zero-order chi connectivity index (χ0) is 14.8. The van der Waals surface area contributed by atoms with Gasteiger partial charge in [-0.05, 0) is 80.1 Å². The molecule has 21 heavy (non-hydrogen) atoms. The van der Waals surface area contributed by atoms with Crippen molar-refractivity contribution in [2.45, 2.75) is 58.8 Å².